The number of hydrogen-bond donors (Lipinski definition) is 2. The number of aliphatic hydroxyl groups is 1. The Bertz CT molecular complexity index is 979. The number of thiophene rings is 1. The fourth-order valence-corrected chi connectivity index (χ4v) is 5.03. The van der Waals surface area contributed by atoms with Crippen LogP contribution in [0, 0.1) is 0 Å². The van der Waals surface area contributed by atoms with Gasteiger partial charge in [-0.15, -0.1) is 11.3 Å². The van der Waals surface area contributed by atoms with Gasteiger partial charge in [0.15, 0.2) is 0 Å². The number of fused-ring (bicyclic) bond motifs is 3. The first-order chi connectivity index (χ1) is 13.6. The van der Waals surface area contributed by atoms with Crippen molar-refractivity contribution in [2.24, 2.45) is 0 Å². The molecule has 1 unspecified atom stereocenters. The number of nitrogens with zero attached hydrogens (tertiary/aromatic N) is 2. The van der Waals surface area contributed by atoms with Crippen molar-refractivity contribution in [2.75, 3.05) is 19.8 Å². The lowest BCUT2D eigenvalue weighted by Gasteiger charge is -2.23. The Morgan fingerprint density at radius 2 is 2.32 bits per heavy atom. The van der Waals surface area contributed by atoms with Crippen molar-refractivity contribution in [3.63, 3.8) is 0 Å². The maximum absolute atomic E-state index is 12.7. The number of nitrogens with one attached hydrogen (secondary N) is 1. The highest BCUT2D eigenvalue weighted by Gasteiger charge is 2.22. The zero-order chi connectivity index (χ0) is 19.5. The number of furan rings is 1. The smallest absolute Gasteiger partial charge is 0.259 e. The zero-order valence-electron chi connectivity index (χ0n) is 15.9. The van der Waals surface area contributed by atoms with Crippen molar-refractivity contribution in [1.82, 2.24) is 14.9 Å². The Kier molecular flexibility index (Phi) is 5.91. The van der Waals surface area contributed by atoms with Crippen molar-refractivity contribution < 1.29 is 14.3 Å². The number of aryl methyl sites for hydroxylation is 2. The SMILES string of the molecule is CCOCC(O)CN(Cc1nc2sc3c(c2c(=O)[nH]1)CCC3)Cc1ccco1. The largest absolute Gasteiger partial charge is 0.468 e. The maximum Gasteiger partial charge on any atom is 0.259 e. The van der Waals surface area contributed by atoms with Crippen molar-refractivity contribution >= 4 is 21.6 Å². The molecule has 1 aliphatic rings. The van der Waals surface area contributed by atoms with Gasteiger partial charge in [-0.2, -0.15) is 0 Å². The highest BCUT2D eigenvalue weighted by Crippen LogP contribution is 2.34. The number of aromatic amines is 1. The molecule has 1 atom stereocenters. The fraction of sp³-hybridized carbons (Fsp3) is 0.500. The molecule has 0 aromatic carbocycles. The monoisotopic (exact) mass is 403 g/mol. The fourth-order valence-electron chi connectivity index (χ4n) is 3.75. The van der Waals surface area contributed by atoms with Gasteiger partial charge < -0.3 is 19.2 Å². The average Bonchev–Trinajstić information content (AvgIpc) is 3.37. The lowest BCUT2D eigenvalue weighted by molar-refractivity contribution is 0.0163. The summed E-state index contributed by atoms with van der Waals surface area (Å²) in [5.74, 6) is 1.40. The Morgan fingerprint density at radius 1 is 1.43 bits per heavy atom. The van der Waals surface area contributed by atoms with Crippen molar-refractivity contribution in [3.05, 3.63) is 50.8 Å². The van der Waals surface area contributed by atoms with E-state index >= 15 is 0 Å². The molecule has 28 heavy (non-hydrogen) atoms. The van der Waals surface area contributed by atoms with E-state index in [0.29, 0.717) is 32.1 Å². The van der Waals surface area contributed by atoms with Crippen LogP contribution in [0.15, 0.2) is 27.6 Å². The maximum atomic E-state index is 12.7. The molecule has 150 valence electrons. The number of rotatable bonds is 9. The van der Waals surface area contributed by atoms with Crippen LogP contribution in [0.3, 0.4) is 0 Å². The average molecular weight is 404 g/mol. The summed E-state index contributed by atoms with van der Waals surface area (Å²) in [6.07, 6.45) is 4.12. The van der Waals surface area contributed by atoms with E-state index < -0.39 is 6.10 Å². The Morgan fingerprint density at radius 3 is 3.11 bits per heavy atom. The summed E-state index contributed by atoms with van der Waals surface area (Å²) >= 11 is 1.63. The minimum atomic E-state index is -0.629. The summed E-state index contributed by atoms with van der Waals surface area (Å²) in [5.41, 5.74) is 1.12. The second-order valence-electron chi connectivity index (χ2n) is 7.11. The van der Waals surface area contributed by atoms with Crippen molar-refractivity contribution in [2.45, 2.75) is 45.4 Å². The zero-order valence-corrected chi connectivity index (χ0v) is 16.8. The van der Waals surface area contributed by atoms with Crippen LogP contribution in [-0.4, -0.2) is 45.8 Å². The van der Waals surface area contributed by atoms with Crippen LogP contribution in [-0.2, 0) is 30.7 Å². The van der Waals surface area contributed by atoms with Gasteiger partial charge in [-0.1, -0.05) is 0 Å². The molecule has 3 aromatic rings. The van der Waals surface area contributed by atoms with Gasteiger partial charge in [-0.25, -0.2) is 4.98 Å². The van der Waals surface area contributed by atoms with Crippen LogP contribution >= 0.6 is 11.3 Å². The molecule has 0 aliphatic heterocycles. The lowest BCUT2D eigenvalue weighted by Crippen LogP contribution is -2.35. The molecular formula is C20H25N3O4S. The lowest BCUT2D eigenvalue weighted by atomic mass is 10.2. The van der Waals surface area contributed by atoms with E-state index in [-0.39, 0.29) is 12.2 Å². The molecule has 2 N–H and O–H groups in total. The highest BCUT2D eigenvalue weighted by molar-refractivity contribution is 7.18. The van der Waals surface area contributed by atoms with E-state index in [4.69, 9.17) is 14.1 Å². The number of aromatic nitrogens is 2. The van der Waals surface area contributed by atoms with Crippen molar-refractivity contribution in [3.8, 4) is 0 Å². The molecule has 0 amide bonds. The molecule has 0 radical (unpaired) electrons. The molecule has 0 fully saturated rings. The predicted molar refractivity (Wildman–Crippen MR) is 108 cm³/mol. The van der Waals surface area contributed by atoms with E-state index in [1.54, 1.807) is 17.6 Å². The third-order valence-corrected chi connectivity index (χ3v) is 6.13. The van der Waals surface area contributed by atoms with E-state index in [1.807, 2.05) is 24.0 Å². The Labute approximate surface area is 167 Å². The summed E-state index contributed by atoms with van der Waals surface area (Å²) in [6.45, 7) is 4.05. The topological polar surface area (TPSA) is 91.6 Å². The minimum absolute atomic E-state index is 0.0628. The predicted octanol–water partition coefficient (Wildman–Crippen LogP) is 2.47. The first-order valence-corrected chi connectivity index (χ1v) is 10.5. The van der Waals surface area contributed by atoms with Crippen LogP contribution in [0.4, 0.5) is 0 Å². The van der Waals surface area contributed by atoms with E-state index in [9.17, 15) is 9.90 Å². The molecule has 0 saturated carbocycles. The molecule has 0 saturated heterocycles. The summed E-state index contributed by atoms with van der Waals surface area (Å²) in [7, 11) is 0. The molecule has 0 bridgehead atoms. The van der Waals surface area contributed by atoms with Gasteiger partial charge in [0.05, 0.1) is 37.4 Å². The number of aliphatic hydroxyl groups excluding tert-OH is 1. The summed E-state index contributed by atoms with van der Waals surface area (Å²) < 4.78 is 10.8. The normalized spacial score (nSPS) is 14.8. The molecule has 1 aliphatic carbocycles. The van der Waals surface area contributed by atoms with Crippen LogP contribution in [0.2, 0.25) is 0 Å². The number of ether oxygens (including phenoxy) is 1. The van der Waals surface area contributed by atoms with Gasteiger partial charge in [0.1, 0.15) is 16.4 Å². The number of hydrogen-bond acceptors (Lipinski definition) is 7. The number of H-pyrrole nitrogens is 1. The molecule has 3 heterocycles. The van der Waals surface area contributed by atoms with Gasteiger partial charge in [-0.3, -0.25) is 9.69 Å². The minimum Gasteiger partial charge on any atom is -0.468 e. The van der Waals surface area contributed by atoms with Gasteiger partial charge in [0.25, 0.3) is 5.56 Å². The first kappa shape index (κ1) is 19.3. The van der Waals surface area contributed by atoms with Crippen LogP contribution in [0.5, 0.6) is 0 Å². The van der Waals surface area contributed by atoms with Crippen LogP contribution < -0.4 is 5.56 Å². The molecule has 0 spiro atoms. The first-order valence-electron chi connectivity index (χ1n) is 9.68. The summed E-state index contributed by atoms with van der Waals surface area (Å²) in [6, 6.07) is 3.73. The quantitative estimate of drug-likeness (QED) is 0.570. The standard InChI is InChI=1S/C20H25N3O4S/c1-2-26-12-13(24)9-23(10-14-5-4-8-27-14)11-17-21-19(25)18-15-6-3-7-16(15)28-20(18)22-17/h4-5,8,13,24H,2-3,6-7,9-12H2,1H3,(H,21,22,25). The van der Waals surface area contributed by atoms with E-state index in [1.165, 1.54) is 10.4 Å². The van der Waals surface area contributed by atoms with Crippen molar-refractivity contribution in [1.29, 1.82) is 0 Å². The van der Waals surface area contributed by atoms with Gasteiger partial charge >= 0.3 is 0 Å². The second kappa shape index (κ2) is 8.57. The van der Waals surface area contributed by atoms with Gasteiger partial charge in [0.2, 0.25) is 0 Å². The molecule has 4 rings (SSSR count). The third-order valence-electron chi connectivity index (χ3n) is 4.94. The molecule has 3 aromatic heterocycles. The Balaban J connectivity index is 1.56. The second-order valence-corrected chi connectivity index (χ2v) is 8.20. The molecular weight excluding hydrogens is 378 g/mol. The van der Waals surface area contributed by atoms with Gasteiger partial charge in [-0.05, 0) is 43.9 Å². The molecule has 7 nitrogen and oxygen atoms in total. The van der Waals surface area contributed by atoms with Crippen LogP contribution in [0.25, 0.3) is 10.2 Å². The van der Waals surface area contributed by atoms with E-state index in [0.717, 1.165) is 35.2 Å². The highest BCUT2D eigenvalue weighted by atomic mass is 32.1. The third kappa shape index (κ3) is 4.20. The van der Waals surface area contributed by atoms with Gasteiger partial charge in [0, 0.05) is 18.0 Å². The molecule has 8 heteroatoms. The summed E-state index contributed by atoms with van der Waals surface area (Å²) in [4.78, 5) is 24.5. The Hall–Kier alpha value is -2.00. The summed E-state index contributed by atoms with van der Waals surface area (Å²) in [5, 5.41) is 11.0. The van der Waals surface area contributed by atoms with Crippen LogP contribution in [0.1, 0.15) is 35.4 Å². The van der Waals surface area contributed by atoms with E-state index in [2.05, 4.69) is 4.98 Å².